The van der Waals surface area contributed by atoms with Crippen molar-refractivity contribution in [1.82, 2.24) is 0 Å². The van der Waals surface area contributed by atoms with Crippen molar-refractivity contribution < 1.29 is 14.3 Å². The van der Waals surface area contributed by atoms with Gasteiger partial charge in [0.2, 0.25) is 0 Å². The van der Waals surface area contributed by atoms with Gasteiger partial charge in [-0.05, 0) is 32.0 Å². The zero-order valence-corrected chi connectivity index (χ0v) is 12.4. The van der Waals surface area contributed by atoms with Gasteiger partial charge in [-0.15, -0.1) is 0 Å². The van der Waals surface area contributed by atoms with Crippen LogP contribution < -0.4 is 5.01 Å². The highest BCUT2D eigenvalue weighted by Gasteiger charge is 2.38. The van der Waals surface area contributed by atoms with E-state index in [1.54, 1.807) is 26.0 Å². The van der Waals surface area contributed by atoms with Crippen molar-refractivity contribution >= 4 is 46.5 Å². The van der Waals surface area contributed by atoms with Crippen molar-refractivity contribution in [3.63, 3.8) is 0 Å². The lowest BCUT2D eigenvalue weighted by Crippen LogP contribution is -2.28. The molecule has 2 rings (SSSR count). The molecule has 0 aliphatic carbocycles. The molecule has 1 atom stereocenters. The number of hydrogen-bond donors (Lipinski definition) is 0. The summed E-state index contributed by atoms with van der Waals surface area (Å²) in [5.74, 6) is -1.60. The third-order valence-electron chi connectivity index (χ3n) is 2.82. The van der Waals surface area contributed by atoms with Gasteiger partial charge in [0.15, 0.2) is 5.71 Å². The van der Waals surface area contributed by atoms with Gasteiger partial charge in [-0.25, -0.2) is 4.79 Å². The molecule has 7 heteroatoms. The van der Waals surface area contributed by atoms with E-state index < -0.39 is 11.9 Å². The first kappa shape index (κ1) is 14.8. The van der Waals surface area contributed by atoms with Crippen LogP contribution in [0.5, 0.6) is 0 Å². The third kappa shape index (κ3) is 2.64. The van der Waals surface area contributed by atoms with Gasteiger partial charge in [-0.1, -0.05) is 23.2 Å². The normalized spacial score (nSPS) is 18.2. The molecule has 0 spiro atoms. The van der Waals surface area contributed by atoms with Crippen molar-refractivity contribution in [2.75, 3.05) is 11.6 Å². The third-order valence-corrected chi connectivity index (χ3v) is 3.36. The second-order valence-electron chi connectivity index (χ2n) is 4.17. The zero-order chi connectivity index (χ0) is 14.9. The number of amides is 1. The van der Waals surface area contributed by atoms with E-state index in [-0.39, 0.29) is 23.2 Å². The maximum absolute atomic E-state index is 12.2. The molecule has 0 N–H and O–H groups in total. The molecule has 1 aromatic rings. The van der Waals surface area contributed by atoms with Crippen LogP contribution in [0.3, 0.4) is 0 Å². The number of benzene rings is 1. The first-order chi connectivity index (χ1) is 9.45. The van der Waals surface area contributed by atoms with Gasteiger partial charge in [0.25, 0.3) is 5.91 Å². The van der Waals surface area contributed by atoms with E-state index in [1.807, 2.05) is 0 Å². The summed E-state index contributed by atoms with van der Waals surface area (Å²) in [6.07, 6.45) is 0. The van der Waals surface area contributed by atoms with Gasteiger partial charge < -0.3 is 4.74 Å². The Morgan fingerprint density at radius 3 is 2.75 bits per heavy atom. The van der Waals surface area contributed by atoms with Gasteiger partial charge in [-0.3, -0.25) is 4.79 Å². The topological polar surface area (TPSA) is 59.0 Å². The molecular weight excluding hydrogens is 303 g/mol. The highest BCUT2D eigenvalue weighted by Crippen LogP contribution is 2.32. The maximum atomic E-state index is 12.2. The first-order valence-electron chi connectivity index (χ1n) is 6.00. The second kappa shape index (κ2) is 5.81. The number of carbonyl (C=O) groups excluding carboxylic acids is 2. The average molecular weight is 315 g/mol. The van der Waals surface area contributed by atoms with E-state index in [1.165, 1.54) is 6.07 Å². The molecule has 1 aliphatic rings. The molecule has 20 heavy (non-hydrogen) atoms. The monoisotopic (exact) mass is 314 g/mol. The van der Waals surface area contributed by atoms with Crippen molar-refractivity contribution in [1.29, 1.82) is 0 Å². The van der Waals surface area contributed by atoms with Crippen LogP contribution >= 0.6 is 23.2 Å². The molecule has 5 nitrogen and oxygen atoms in total. The van der Waals surface area contributed by atoms with E-state index in [0.717, 1.165) is 5.01 Å². The molecule has 1 aromatic carbocycles. The standard InChI is InChI=1S/C13H12Cl2N2O3/c1-3-20-13(19)11-7(2)12(18)17(16-11)10-5-4-8(14)6-9(10)15/h4-7H,3H2,1-2H3. The Kier molecular flexibility index (Phi) is 4.30. The minimum atomic E-state index is -0.666. The fraction of sp³-hybridized carbons (Fsp3) is 0.308. The van der Waals surface area contributed by atoms with E-state index in [0.29, 0.717) is 10.7 Å². The van der Waals surface area contributed by atoms with Gasteiger partial charge in [0, 0.05) is 5.02 Å². The van der Waals surface area contributed by atoms with Crippen molar-refractivity contribution in [3.05, 3.63) is 28.2 Å². The number of nitrogens with zero attached hydrogens (tertiary/aromatic N) is 2. The minimum Gasteiger partial charge on any atom is -0.461 e. The highest BCUT2D eigenvalue weighted by atomic mass is 35.5. The fourth-order valence-corrected chi connectivity index (χ4v) is 2.28. The molecule has 0 saturated carbocycles. The largest absolute Gasteiger partial charge is 0.461 e. The predicted octanol–water partition coefficient (Wildman–Crippen LogP) is 2.90. The Balaban J connectivity index is 2.37. The molecule has 1 aliphatic heterocycles. The molecule has 0 radical (unpaired) electrons. The Bertz CT molecular complexity index is 601. The summed E-state index contributed by atoms with van der Waals surface area (Å²) in [5.41, 5.74) is 0.454. The summed E-state index contributed by atoms with van der Waals surface area (Å²) in [7, 11) is 0. The van der Waals surface area contributed by atoms with Crippen LogP contribution in [-0.2, 0) is 14.3 Å². The van der Waals surface area contributed by atoms with Crippen LogP contribution in [0.4, 0.5) is 5.69 Å². The van der Waals surface area contributed by atoms with Crippen LogP contribution in [0.2, 0.25) is 10.0 Å². The molecule has 1 heterocycles. The predicted molar refractivity (Wildman–Crippen MR) is 77.2 cm³/mol. The molecule has 0 fully saturated rings. The van der Waals surface area contributed by atoms with Crippen LogP contribution in [0.15, 0.2) is 23.3 Å². The van der Waals surface area contributed by atoms with Crippen molar-refractivity contribution in [2.24, 2.45) is 11.0 Å². The smallest absolute Gasteiger partial charge is 0.355 e. The van der Waals surface area contributed by atoms with Gasteiger partial charge in [-0.2, -0.15) is 10.1 Å². The van der Waals surface area contributed by atoms with Crippen molar-refractivity contribution in [2.45, 2.75) is 13.8 Å². The quantitative estimate of drug-likeness (QED) is 0.806. The molecule has 0 aromatic heterocycles. The first-order valence-corrected chi connectivity index (χ1v) is 6.76. The number of ether oxygens (including phenoxy) is 1. The minimum absolute atomic E-state index is 0.0721. The lowest BCUT2D eigenvalue weighted by molar-refractivity contribution is -0.135. The Labute approximate surface area is 126 Å². The summed E-state index contributed by atoms with van der Waals surface area (Å²) in [4.78, 5) is 23.9. The summed E-state index contributed by atoms with van der Waals surface area (Å²) in [6, 6.07) is 4.68. The lowest BCUT2D eigenvalue weighted by atomic mass is 10.1. The summed E-state index contributed by atoms with van der Waals surface area (Å²) >= 11 is 11.9. The van der Waals surface area contributed by atoms with Gasteiger partial charge >= 0.3 is 5.97 Å². The summed E-state index contributed by atoms with van der Waals surface area (Å²) < 4.78 is 4.88. The van der Waals surface area contributed by atoms with Crippen LogP contribution in [0.1, 0.15) is 13.8 Å². The Morgan fingerprint density at radius 2 is 2.15 bits per heavy atom. The highest BCUT2D eigenvalue weighted by molar-refractivity contribution is 6.44. The second-order valence-corrected chi connectivity index (χ2v) is 5.02. The Morgan fingerprint density at radius 1 is 1.45 bits per heavy atom. The van der Waals surface area contributed by atoms with Crippen LogP contribution in [0.25, 0.3) is 0 Å². The summed E-state index contributed by atoms with van der Waals surface area (Å²) in [5, 5.41) is 5.87. The van der Waals surface area contributed by atoms with Gasteiger partial charge in [0.1, 0.15) is 0 Å². The number of halogens is 2. The van der Waals surface area contributed by atoms with E-state index in [9.17, 15) is 9.59 Å². The lowest BCUT2D eigenvalue weighted by Gasteiger charge is -2.14. The zero-order valence-electron chi connectivity index (χ0n) is 10.9. The number of hydrazone groups is 1. The van der Waals surface area contributed by atoms with Gasteiger partial charge in [0.05, 0.1) is 23.2 Å². The number of anilines is 1. The number of esters is 1. The van der Waals surface area contributed by atoms with E-state index in [2.05, 4.69) is 5.10 Å². The SMILES string of the molecule is CCOC(=O)C1=NN(c2ccc(Cl)cc2Cl)C(=O)C1C. The van der Waals surface area contributed by atoms with Crippen molar-refractivity contribution in [3.8, 4) is 0 Å². The van der Waals surface area contributed by atoms with E-state index in [4.69, 9.17) is 27.9 Å². The summed E-state index contributed by atoms with van der Waals surface area (Å²) in [6.45, 7) is 3.51. The van der Waals surface area contributed by atoms with E-state index >= 15 is 0 Å². The average Bonchev–Trinajstić information content (AvgIpc) is 2.67. The number of hydrogen-bond acceptors (Lipinski definition) is 4. The molecule has 1 amide bonds. The molecule has 0 bridgehead atoms. The fourth-order valence-electron chi connectivity index (χ4n) is 1.79. The molecule has 0 saturated heterocycles. The molecule has 1 unspecified atom stereocenters. The number of rotatable bonds is 3. The Hall–Kier alpha value is -1.59. The van der Waals surface area contributed by atoms with Crippen LogP contribution in [-0.4, -0.2) is 24.2 Å². The van der Waals surface area contributed by atoms with Crippen LogP contribution in [0, 0.1) is 5.92 Å². The molecule has 106 valence electrons. The number of carbonyl (C=O) groups is 2. The maximum Gasteiger partial charge on any atom is 0.355 e. The molecular formula is C13H12Cl2N2O3.